The Hall–Kier alpha value is -1.55. The average Bonchev–Trinajstić information content (AvgIpc) is 2.74. The number of amides is 1. The van der Waals surface area contributed by atoms with Crippen molar-refractivity contribution in [3.8, 4) is 5.75 Å². The summed E-state index contributed by atoms with van der Waals surface area (Å²) >= 11 is 0. The summed E-state index contributed by atoms with van der Waals surface area (Å²) in [6.45, 7) is 1.95. The molecule has 0 spiro atoms. The number of hydrogen-bond acceptors (Lipinski definition) is 3. The van der Waals surface area contributed by atoms with E-state index in [1.807, 2.05) is 29.2 Å². The zero-order chi connectivity index (χ0) is 12.5. The van der Waals surface area contributed by atoms with E-state index < -0.39 is 0 Å². The van der Waals surface area contributed by atoms with Gasteiger partial charge in [0.15, 0.2) is 0 Å². The molecule has 0 bridgehead atoms. The molecule has 2 unspecified atom stereocenters. The highest BCUT2D eigenvalue weighted by Gasteiger charge is 2.41. The fourth-order valence-electron chi connectivity index (χ4n) is 3.06. The summed E-state index contributed by atoms with van der Waals surface area (Å²) in [7, 11) is 1.65. The highest BCUT2D eigenvalue weighted by Crippen LogP contribution is 2.35. The molecule has 0 radical (unpaired) electrons. The molecule has 2 heterocycles. The Balaban J connectivity index is 1.91. The summed E-state index contributed by atoms with van der Waals surface area (Å²) in [6.07, 6.45) is 1.70. The minimum absolute atomic E-state index is 0.238. The van der Waals surface area contributed by atoms with Gasteiger partial charge in [-0.15, -0.1) is 0 Å². The van der Waals surface area contributed by atoms with Crippen LogP contribution >= 0.6 is 0 Å². The van der Waals surface area contributed by atoms with Crippen LogP contribution in [0.15, 0.2) is 24.3 Å². The Morgan fingerprint density at radius 2 is 2.33 bits per heavy atom. The van der Waals surface area contributed by atoms with Gasteiger partial charge in [0.05, 0.1) is 7.11 Å². The maximum Gasteiger partial charge on any atom is 0.227 e. The van der Waals surface area contributed by atoms with Gasteiger partial charge in [0, 0.05) is 36.7 Å². The zero-order valence-corrected chi connectivity index (χ0v) is 10.6. The van der Waals surface area contributed by atoms with Crippen molar-refractivity contribution in [3.63, 3.8) is 0 Å². The first-order chi connectivity index (χ1) is 8.79. The molecule has 2 aliphatic rings. The average molecular weight is 246 g/mol. The lowest BCUT2D eigenvalue weighted by Crippen LogP contribution is -2.44. The van der Waals surface area contributed by atoms with E-state index in [-0.39, 0.29) is 5.91 Å². The van der Waals surface area contributed by atoms with Crippen molar-refractivity contribution >= 4 is 11.6 Å². The maximum atomic E-state index is 12.2. The summed E-state index contributed by atoms with van der Waals surface area (Å²) < 4.78 is 5.24. The van der Waals surface area contributed by atoms with Gasteiger partial charge in [-0.05, 0) is 25.1 Å². The number of anilines is 1. The van der Waals surface area contributed by atoms with Crippen molar-refractivity contribution in [2.45, 2.75) is 18.9 Å². The van der Waals surface area contributed by atoms with E-state index >= 15 is 0 Å². The molecule has 2 saturated heterocycles. The molecule has 18 heavy (non-hydrogen) atoms. The van der Waals surface area contributed by atoms with E-state index in [2.05, 4.69) is 5.32 Å². The van der Waals surface area contributed by atoms with Crippen LogP contribution in [0, 0.1) is 5.92 Å². The predicted molar refractivity (Wildman–Crippen MR) is 69.9 cm³/mol. The fourth-order valence-corrected chi connectivity index (χ4v) is 3.06. The molecule has 4 nitrogen and oxygen atoms in total. The normalized spacial score (nSPS) is 27.2. The van der Waals surface area contributed by atoms with Crippen LogP contribution in [-0.4, -0.2) is 32.1 Å². The van der Waals surface area contributed by atoms with Gasteiger partial charge in [0.25, 0.3) is 0 Å². The van der Waals surface area contributed by atoms with Crippen LogP contribution in [0.3, 0.4) is 0 Å². The predicted octanol–water partition coefficient (Wildman–Crippen LogP) is 1.41. The Kier molecular flexibility index (Phi) is 2.96. The Morgan fingerprint density at radius 3 is 3.17 bits per heavy atom. The van der Waals surface area contributed by atoms with Crippen LogP contribution in [-0.2, 0) is 4.79 Å². The number of carbonyl (C=O) groups excluding carboxylic acids is 1. The number of methoxy groups -OCH3 is 1. The summed E-state index contributed by atoms with van der Waals surface area (Å²) in [5.74, 6) is 1.50. The first kappa shape index (κ1) is 11.5. The second-order valence-corrected chi connectivity index (χ2v) is 4.99. The molecule has 0 saturated carbocycles. The molecule has 4 heteroatoms. The van der Waals surface area contributed by atoms with Crippen LogP contribution in [0.5, 0.6) is 5.75 Å². The molecule has 2 atom stereocenters. The Bertz CT molecular complexity index is 461. The topological polar surface area (TPSA) is 41.6 Å². The first-order valence-electron chi connectivity index (χ1n) is 6.46. The lowest BCUT2D eigenvalue weighted by atomic mass is 9.94. The van der Waals surface area contributed by atoms with E-state index in [0.717, 1.165) is 30.9 Å². The van der Waals surface area contributed by atoms with Gasteiger partial charge in [0.1, 0.15) is 5.75 Å². The number of rotatable bonds is 2. The molecule has 2 aliphatic heterocycles. The molecule has 1 aromatic rings. The third-order valence-corrected chi connectivity index (χ3v) is 3.94. The van der Waals surface area contributed by atoms with Gasteiger partial charge < -0.3 is 15.0 Å². The molecule has 1 amide bonds. The van der Waals surface area contributed by atoms with Crippen LogP contribution in [0.4, 0.5) is 5.69 Å². The Labute approximate surface area is 107 Å². The van der Waals surface area contributed by atoms with Gasteiger partial charge in [-0.3, -0.25) is 4.79 Å². The SMILES string of the molecule is COc1cccc(N2C(=O)CC3CNCCC32)c1. The molecule has 0 aliphatic carbocycles. The van der Waals surface area contributed by atoms with Crippen molar-refractivity contribution in [3.05, 3.63) is 24.3 Å². The second kappa shape index (κ2) is 4.61. The van der Waals surface area contributed by atoms with Crippen molar-refractivity contribution in [2.24, 2.45) is 5.92 Å². The van der Waals surface area contributed by atoms with Crippen molar-refractivity contribution in [2.75, 3.05) is 25.1 Å². The number of ether oxygens (including phenoxy) is 1. The zero-order valence-electron chi connectivity index (χ0n) is 10.6. The van der Waals surface area contributed by atoms with E-state index in [0.29, 0.717) is 18.4 Å². The first-order valence-corrected chi connectivity index (χ1v) is 6.46. The number of carbonyl (C=O) groups is 1. The second-order valence-electron chi connectivity index (χ2n) is 4.99. The molecule has 1 N–H and O–H groups in total. The quantitative estimate of drug-likeness (QED) is 0.858. The number of fused-ring (bicyclic) bond motifs is 1. The van der Waals surface area contributed by atoms with E-state index in [9.17, 15) is 4.79 Å². The van der Waals surface area contributed by atoms with E-state index in [1.165, 1.54) is 0 Å². The Morgan fingerprint density at radius 1 is 1.44 bits per heavy atom. The van der Waals surface area contributed by atoms with Crippen molar-refractivity contribution in [1.29, 1.82) is 0 Å². The van der Waals surface area contributed by atoms with E-state index in [4.69, 9.17) is 4.74 Å². The highest BCUT2D eigenvalue weighted by molar-refractivity contribution is 5.96. The minimum atomic E-state index is 0.238. The molecule has 2 fully saturated rings. The summed E-state index contributed by atoms with van der Waals surface area (Å²) in [6, 6.07) is 8.14. The number of nitrogens with one attached hydrogen (secondary N) is 1. The van der Waals surface area contributed by atoms with Crippen LogP contribution in [0.2, 0.25) is 0 Å². The van der Waals surface area contributed by atoms with Crippen LogP contribution in [0.25, 0.3) is 0 Å². The van der Waals surface area contributed by atoms with E-state index in [1.54, 1.807) is 7.11 Å². The third-order valence-electron chi connectivity index (χ3n) is 3.94. The van der Waals surface area contributed by atoms with Gasteiger partial charge in [0.2, 0.25) is 5.91 Å². The molecule has 96 valence electrons. The molecule has 3 rings (SSSR count). The number of nitrogens with zero attached hydrogens (tertiary/aromatic N) is 1. The number of benzene rings is 1. The summed E-state index contributed by atoms with van der Waals surface area (Å²) in [4.78, 5) is 14.2. The summed E-state index contributed by atoms with van der Waals surface area (Å²) in [5, 5.41) is 3.37. The monoisotopic (exact) mass is 246 g/mol. The standard InChI is InChI=1S/C14H18N2O2/c1-18-12-4-2-3-11(8-12)16-13-5-6-15-9-10(13)7-14(16)17/h2-4,8,10,13,15H,5-7,9H2,1H3. The van der Waals surface area contributed by atoms with Crippen LogP contribution < -0.4 is 15.0 Å². The molecular formula is C14H18N2O2. The van der Waals surface area contributed by atoms with Gasteiger partial charge in [-0.25, -0.2) is 0 Å². The smallest absolute Gasteiger partial charge is 0.227 e. The highest BCUT2D eigenvalue weighted by atomic mass is 16.5. The third kappa shape index (κ3) is 1.86. The van der Waals surface area contributed by atoms with Crippen molar-refractivity contribution in [1.82, 2.24) is 5.32 Å². The summed E-state index contributed by atoms with van der Waals surface area (Å²) in [5.41, 5.74) is 0.966. The lowest BCUT2D eigenvalue weighted by molar-refractivity contribution is -0.117. The minimum Gasteiger partial charge on any atom is -0.497 e. The number of hydrogen-bond donors (Lipinski definition) is 1. The number of piperidine rings is 1. The largest absolute Gasteiger partial charge is 0.497 e. The van der Waals surface area contributed by atoms with Crippen molar-refractivity contribution < 1.29 is 9.53 Å². The molecular weight excluding hydrogens is 228 g/mol. The lowest BCUT2D eigenvalue weighted by Gasteiger charge is -2.32. The fraction of sp³-hybridized carbons (Fsp3) is 0.500. The van der Waals surface area contributed by atoms with Gasteiger partial charge in [-0.2, -0.15) is 0 Å². The van der Waals surface area contributed by atoms with Gasteiger partial charge in [-0.1, -0.05) is 6.07 Å². The van der Waals surface area contributed by atoms with Gasteiger partial charge >= 0.3 is 0 Å². The van der Waals surface area contributed by atoms with Crippen LogP contribution in [0.1, 0.15) is 12.8 Å². The molecule has 1 aromatic carbocycles. The molecule has 0 aromatic heterocycles. The maximum absolute atomic E-state index is 12.2.